The molecule has 0 bridgehead atoms. The second-order valence-corrected chi connectivity index (χ2v) is 6.74. The first kappa shape index (κ1) is 20.5. The molecule has 1 aliphatic carbocycles. The van der Waals surface area contributed by atoms with Crippen molar-refractivity contribution in [2.75, 3.05) is 28.4 Å². The van der Waals surface area contributed by atoms with Crippen molar-refractivity contribution in [1.29, 1.82) is 0 Å². The Morgan fingerprint density at radius 3 is 1.52 bits per heavy atom. The summed E-state index contributed by atoms with van der Waals surface area (Å²) in [7, 11) is 6.45. The van der Waals surface area contributed by atoms with Crippen molar-refractivity contribution < 1.29 is 23.7 Å². The van der Waals surface area contributed by atoms with Gasteiger partial charge in [-0.05, 0) is 55.7 Å². The maximum Gasteiger partial charge on any atom is 0.185 e. The largest absolute Gasteiger partial charge is 0.497 e. The molecule has 152 valence electrons. The van der Waals surface area contributed by atoms with Gasteiger partial charge in [0.1, 0.15) is 23.0 Å². The Hall–Kier alpha value is -3.21. The fraction of sp³-hybridized carbons (Fsp3) is 0.292. The van der Waals surface area contributed by atoms with Crippen molar-refractivity contribution in [1.82, 2.24) is 0 Å². The molecule has 0 aromatic heterocycles. The van der Waals surface area contributed by atoms with Gasteiger partial charge < -0.3 is 18.9 Å². The van der Waals surface area contributed by atoms with Crippen LogP contribution in [0.3, 0.4) is 0 Å². The van der Waals surface area contributed by atoms with Crippen LogP contribution >= 0.6 is 0 Å². The summed E-state index contributed by atoms with van der Waals surface area (Å²) in [6.45, 7) is 0. The molecule has 2 aromatic rings. The topological polar surface area (TPSA) is 54.0 Å². The number of ketones is 1. The SMILES string of the molecule is COc1ccc(/C=C2/CCC/C(=C/c3ccc(OC)cc3OC)C2=O)c(OC)c1. The highest BCUT2D eigenvalue weighted by atomic mass is 16.5. The van der Waals surface area contributed by atoms with Gasteiger partial charge in [-0.15, -0.1) is 0 Å². The van der Waals surface area contributed by atoms with E-state index in [1.807, 2.05) is 48.6 Å². The Bertz CT molecular complexity index is 880. The number of rotatable bonds is 6. The predicted octanol–water partition coefficient (Wildman–Crippen LogP) is 4.94. The molecule has 0 amide bonds. The average molecular weight is 394 g/mol. The molecule has 0 aliphatic heterocycles. The highest BCUT2D eigenvalue weighted by Crippen LogP contribution is 2.33. The third-order valence-corrected chi connectivity index (χ3v) is 5.02. The van der Waals surface area contributed by atoms with Crippen LogP contribution in [0.2, 0.25) is 0 Å². The third kappa shape index (κ3) is 4.62. The second-order valence-electron chi connectivity index (χ2n) is 6.74. The van der Waals surface area contributed by atoms with E-state index < -0.39 is 0 Å². The Balaban J connectivity index is 1.93. The predicted molar refractivity (Wildman–Crippen MR) is 114 cm³/mol. The Kier molecular flexibility index (Phi) is 6.60. The summed E-state index contributed by atoms with van der Waals surface area (Å²) in [6.07, 6.45) is 6.23. The average Bonchev–Trinajstić information content (AvgIpc) is 2.76. The van der Waals surface area contributed by atoms with E-state index in [1.165, 1.54) is 0 Å². The molecular weight excluding hydrogens is 368 g/mol. The van der Waals surface area contributed by atoms with Crippen molar-refractivity contribution in [3.8, 4) is 23.0 Å². The molecule has 0 heterocycles. The van der Waals surface area contributed by atoms with Gasteiger partial charge in [-0.1, -0.05) is 0 Å². The fourth-order valence-electron chi connectivity index (χ4n) is 3.43. The molecule has 0 atom stereocenters. The smallest absolute Gasteiger partial charge is 0.185 e. The van der Waals surface area contributed by atoms with Crippen LogP contribution in [0, 0.1) is 0 Å². The highest BCUT2D eigenvalue weighted by molar-refractivity contribution is 6.14. The Labute approximate surface area is 171 Å². The van der Waals surface area contributed by atoms with E-state index in [-0.39, 0.29) is 5.78 Å². The number of hydrogen-bond acceptors (Lipinski definition) is 5. The van der Waals surface area contributed by atoms with Gasteiger partial charge in [-0.25, -0.2) is 0 Å². The quantitative estimate of drug-likeness (QED) is 0.650. The van der Waals surface area contributed by atoms with Gasteiger partial charge in [-0.3, -0.25) is 4.79 Å². The summed E-state index contributed by atoms with van der Waals surface area (Å²) in [6, 6.07) is 11.2. The Morgan fingerprint density at radius 2 is 1.14 bits per heavy atom. The van der Waals surface area contributed by atoms with Crippen LogP contribution in [-0.2, 0) is 4.79 Å². The molecule has 0 unspecified atom stereocenters. The summed E-state index contributed by atoms with van der Waals surface area (Å²) in [5.74, 6) is 2.85. The van der Waals surface area contributed by atoms with E-state index in [0.717, 1.165) is 41.5 Å². The summed E-state index contributed by atoms with van der Waals surface area (Å²) in [5, 5.41) is 0. The number of methoxy groups -OCH3 is 4. The van der Waals surface area contributed by atoms with Gasteiger partial charge in [0.2, 0.25) is 0 Å². The molecule has 3 rings (SSSR count). The zero-order chi connectivity index (χ0) is 20.8. The van der Waals surface area contributed by atoms with E-state index in [4.69, 9.17) is 18.9 Å². The van der Waals surface area contributed by atoms with Crippen molar-refractivity contribution >= 4 is 17.9 Å². The van der Waals surface area contributed by atoms with Gasteiger partial charge in [0.25, 0.3) is 0 Å². The third-order valence-electron chi connectivity index (χ3n) is 5.02. The van der Waals surface area contributed by atoms with Crippen LogP contribution in [-0.4, -0.2) is 34.2 Å². The van der Waals surface area contributed by atoms with E-state index in [1.54, 1.807) is 28.4 Å². The first-order valence-corrected chi connectivity index (χ1v) is 9.49. The van der Waals surface area contributed by atoms with Gasteiger partial charge in [-0.2, -0.15) is 0 Å². The van der Waals surface area contributed by atoms with Crippen LogP contribution in [0.5, 0.6) is 23.0 Å². The van der Waals surface area contributed by atoms with Crippen molar-refractivity contribution in [2.45, 2.75) is 19.3 Å². The maximum absolute atomic E-state index is 13.1. The lowest BCUT2D eigenvalue weighted by Crippen LogP contribution is -2.12. The summed E-state index contributed by atoms with van der Waals surface area (Å²) in [4.78, 5) is 13.1. The normalized spacial score (nSPS) is 16.8. The molecule has 0 spiro atoms. The number of carbonyl (C=O) groups is 1. The summed E-state index contributed by atoms with van der Waals surface area (Å²) in [5.41, 5.74) is 3.27. The van der Waals surface area contributed by atoms with Gasteiger partial charge in [0.15, 0.2) is 5.78 Å². The van der Waals surface area contributed by atoms with Gasteiger partial charge >= 0.3 is 0 Å². The Morgan fingerprint density at radius 1 is 0.690 bits per heavy atom. The lowest BCUT2D eigenvalue weighted by molar-refractivity contribution is -0.112. The molecule has 1 aliphatic rings. The molecule has 1 fully saturated rings. The van der Waals surface area contributed by atoms with E-state index in [0.29, 0.717) is 23.0 Å². The van der Waals surface area contributed by atoms with Crippen LogP contribution in [0.1, 0.15) is 30.4 Å². The lowest BCUT2D eigenvalue weighted by Gasteiger charge is -2.18. The van der Waals surface area contributed by atoms with Crippen molar-refractivity contribution in [2.24, 2.45) is 0 Å². The zero-order valence-corrected chi connectivity index (χ0v) is 17.3. The fourth-order valence-corrected chi connectivity index (χ4v) is 3.43. The van der Waals surface area contributed by atoms with E-state index >= 15 is 0 Å². The monoisotopic (exact) mass is 394 g/mol. The van der Waals surface area contributed by atoms with Crippen molar-refractivity contribution in [3.63, 3.8) is 0 Å². The second kappa shape index (κ2) is 9.32. The summed E-state index contributed by atoms with van der Waals surface area (Å²) >= 11 is 0. The number of allylic oxidation sites excluding steroid dienone is 2. The van der Waals surface area contributed by atoms with Gasteiger partial charge in [0, 0.05) is 34.4 Å². The van der Waals surface area contributed by atoms with E-state index in [9.17, 15) is 4.79 Å². The maximum atomic E-state index is 13.1. The molecule has 2 aromatic carbocycles. The summed E-state index contributed by atoms with van der Waals surface area (Å²) < 4.78 is 21.4. The number of Topliss-reactive ketones (excluding diaryl/α,β-unsaturated/α-hetero) is 1. The number of ether oxygens (including phenoxy) is 4. The number of benzene rings is 2. The van der Waals surface area contributed by atoms with Gasteiger partial charge in [0.05, 0.1) is 28.4 Å². The number of hydrogen-bond donors (Lipinski definition) is 0. The highest BCUT2D eigenvalue weighted by Gasteiger charge is 2.21. The van der Waals surface area contributed by atoms with Crippen LogP contribution in [0.25, 0.3) is 12.2 Å². The molecule has 29 heavy (non-hydrogen) atoms. The molecule has 0 N–H and O–H groups in total. The molecule has 0 saturated heterocycles. The van der Waals surface area contributed by atoms with Crippen LogP contribution in [0.4, 0.5) is 0 Å². The van der Waals surface area contributed by atoms with E-state index in [2.05, 4.69) is 0 Å². The molecule has 0 radical (unpaired) electrons. The minimum Gasteiger partial charge on any atom is -0.497 e. The number of carbonyl (C=O) groups excluding carboxylic acids is 1. The van der Waals surface area contributed by atoms with Crippen molar-refractivity contribution in [3.05, 3.63) is 58.7 Å². The molecule has 5 heteroatoms. The minimum atomic E-state index is 0.0620. The van der Waals surface area contributed by atoms with Crippen LogP contribution in [0.15, 0.2) is 47.5 Å². The zero-order valence-electron chi connectivity index (χ0n) is 17.3. The standard InChI is InChI=1S/C24H26O5/c1-26-20-10-8-16(22(14-20)28-3)12-18-6-5-7-19(24(18)25)13-17-9-11-21(27-2)15-23(17)29-4/h8-15H,5-7H2,1-4H3/b18-12-,19-13-. The lowest BCUT2D eigenvalue weighted by atomic mass is 9.86. The molecule has 1 saturated carbocycles. The minimum absolute atomic E-state index is 0.0620. The first-order chi connectivity index (χ1) is 14.1. The van der Waals surface area contributed by atoms with Crippen LogP contribution < -0.4 is 18.9 Å². The first-order valence-electron chi connectivity index (χ1n) is 9.49. The molecule has 5 nitrogen and oxygen atoms in total. The molecular formula is C24H26O5.